The summed E-state index contributed by atoms with van der Waals surface area (Å²) in [6.07, 6.45) is 1.07. The van der Waals surface area contributed by atoms with Crippen LogP contribution in [0.3, 0.4) is 0 Å². The summed E-state index contributed by atoms with van der Waals surface area (Å²) in [4.78, 5) is 0. The maximum Gasteiger partial charge on any atom is 0.447 e. The Morgan fingerprint density at radius 2 is 1.88 bits per heavy atom. The minimum Gasteiger partial charge on any atom is -0.147 e. The molecule has 0 unspecified atom stereocenters. The minimum absolute atomic E-state index is 1.07. The van der Waals surface area contributed by atoms with Crippen LogP contribution in [0.15, 0.2) is 30.3 Å². The number of hydrogen-bond donors (Lipinski definition) is 0. The van der Waals surface area contributed by atoms with Crippen molar-refractivity contribution in [1.82, 2.24) is 0 Å². The van der Waals surface area contributed by atoms with Gasteiger partial charge in [-0.15, -0.1) is 9.14 Å². The first kappa shape index (κ1) is 9.52. The second-order valence-electron chi connectivity index (χ2n) is 4.58. The number of fused-ring (bicyclic) bond motifs is 2. The van der Waals surface area contributed by atoms with E-state index in [0.29, 0.717) is 0 Å². The van der Waals surface area contributed by atoms with Crippen molar-refractivity contribution in [2.45, 2.75) is 13.3 Å². The molecular formula is C14H16N2+2. The smallest absolute Gasteiger partial charge is 0.147 e. The van der Waals surface area contributed by atoms with Gasteiger partial charge in [-0.3, -0.25) is 0 Å². The summed E-state index contributed by atoms with van der Waals surface area (Å²) in [7, 11) is 4.30. The van der Waals surface area contributed by atoms with Crippen LogP contribution in [0, 0.1) is 0 Å². The SMILES string of the molecule is CC1=[N+](C)c2c(cc3ccccc3[n+]2C)C1. The average molecular weight is 212 g/mol. The number of benzene rings is 1. The van der Waals surface area contributed by atoms with Crippen molar-refractivity contribution < 1.29 is 9.14 Å². The van der Waals surface area contributed by atoms with Gasteiger partial charge in [0.15, 0.2) is 5.71 Å². The van der Waals surface area contributed by atoms with Gasteiger partial charge >= 0.3 is 5.82 Å². The zero-order valence-corrected chi connectivity index (χ0v) is 9.99. The van der Waals surface area contributed by atoms with Gasteiger partial charge in [0.1, 0.15) is 19.7 Å². The first-order valence-electron chi connectivity index (χ1n) is 5.65. The molecule has 0 N–H and O–H groups in total. The Kier molecular flexibility index (Phi) is 1.87. The summed E-state index contributed by atoms with van der Waals surface area (Å²) < 4.78 is 4.59. The molecule has 0 amide bonds. The molecule has 0 saturated heterocycles. The Morgan fingerprint density at radius 3 is 2.69 bits per heavy atom. The largest absolute Gasteiger partial charge is 0.447 e. The fourth-order valence-corrected chi connectivity index (χ4v) is 2.64. The molecule has 0 saturated carbocycles. The fourth-order valence-electron chi connectivity index (χ4n) is 2.64. The predicted molar refractivity (Wildman–Crippen MR) is 65.4 cm³/mol. The lowest BCUT2D eigenvalue weighted by molar-refractivity contribution is -0.696. The van der Waals surface area contributed by atoms with Crippen LogP contribution in [-0.4, -0.2) is 17.3 Å². The van der Waals surface area contributed by atoms with E-state index in [-0.39, 0.29) is 0 Å². The van der Waals surface area contributed by atoms with Crippen molar-refractivity contribution >= 4 is 22.4 Å². The van der Waals surface area contributed by atoms with E-state index in [4.69, 9.17) is 0 Å². The highest BCUT2D eigenvalue weighted by Crippen LogP contribution is 2.25. The molecule has 1 aliphatic heterocycles. The van der Waals surface area contributed by atoms with E-state index in [1.54, 1.807) is 0 Å². The molecule has 0 bridgehead atoms. The van der Waals surface area contributed by atoms with Crippen molar-refractivity contribution in [1.29, 1.82) is 0 Å². The Balaban J connectivity index is 2.43. The molecule has 2 aromatic rings. The predicted octanol–water partition coefficient (Wildman–Crippen LogP) is 1.96. The molecule has 0 atom stereocenters. The number of hydrogen-bond acceptors (Lipinski definition) is 0. The van der Waals surface area contributed by atoms with E-state index in [1.807, 2.05) is 0 Å². The van der Waals surface area contributed by atoms with Gasteiger partial charge in [-0.25, -0.2) is 0 Å². The summed E-state index contributed by atoms with van der Waals surface area (Å²) in [5.41, 5.74) is 4.14. The summed E-state index contributed by atoms with van der Waals surface area (Å²) in [6.45, 7) is 2.20. The molecule has 0 spiro atoms. The topological polar surface area (TPSA) is 6.89 Å². The zero-order valence-electron chi connectivity index (χ0n) is 9.99. The van der Waals surface area contributed by atoms with Gasteiger partial charge in [-0.1, -0.05) is 12.1 Å². The average Bonchev–Trinajstić information content (AvgIpc) is 2.55. The van der Waals surface area contributed by atoms with Gasteiger partial charge < -0.3 is 0 Å². The van der Waals surface area contributed by atoms with E-state index in [1.165, 1.54) is 28.0 Å². The standard InChI is InChI=1S/C14H16N2/c1-10-8-12-9-11-6-4-5-7-13(11)16(3)14(12)15(10)2/h4-7,9H,8H2,1-3H3/q+2. The Morgan fingerprint density at radius 1 is 1.12 bits per heavy atom. The number of para-hydroxylation sites is 1. The van der Waals surface area contributed by atoms with Crippen LogP contribution in [0.1, 0.15) is 12.5 Å². The van der Waals surface area contributed by atoms with Crippen LogP contribution in [0.5, 0.6) is 0 Å². The number of pyridine rings is 1. The highest BCUT2D eigenvalue weighted by Gasteiger charge is 2.34. The number of rotatable bonds is 0. The third kappa shape index (κ3) is 1.13. The van der Waals surface area contributed by atoms with Crippen LogP contribution in [-0.2, 0) is 13.5 Å². The Hall–Kier alpha value is -1.70. The van der Waals surface area contributed by atoms with Crippen LogP contribution < -0.4 is 4.57 Å². The molecule has 80 valence electrons. The molecule has 2 heteroatoms. The lowest BCUT2D eigenvalue weighted by Crippen LogP contribution is -2.33. The maximum absolute atomic E-state index is 2.32. The first-order chi connectivity index (χ1) is 7.68. The lowest BCUT2D eigenvalue weighted by Gasteiger charge is -1.99. The molecule has 0 aliphatic carbocycles. The van der Waals surface area contributed by atoms with Crippen molar-refractivity contribution in [3.8, 4) is 0 Å². The number of aromatic nitrogens is 1. The molecule has 1 aromatic carbocycles. The van der Waals surface area contributed by atoms with Crippen molar-refractivity contribution in [3.05, 3.63) is 35.9 Å². The highest BCUT2D eigenvalue weighted by atomic mass is 15.2. The van der Waals surface area contributed by atoms with Crippen molar-refractivity contribution in [3.63, 3.8) is 0 Å². The maximum atomic E-state index is 2.32. The molecule has 3 rings (SSSR count). The van der Waals surface area contributed by atoms with Crippen LogP contribution in [0.2, 0.25) is 0 Å². The molecule has 2 heterocycles. The molecule has 2 nitrogen and oxygen atoms in total. The van der Waals surface area contributed by atoms with Gasteiger partial charge in [0.2, 0.25) is 5.52 Å². The summed E-state index contributed by atoms with van der Waals surface area (Å²) in [5, 5.41) is 1.33. The third-order valence-corrected chi connectivity index (χ3v) is 3.57. The summed E-state index contributed by atoms with van der Waals surface area (Å²) >= 11 is 0. The normalized spacial score (nSPS) is 14.7. The van der Waals surface area contributed by atoms with Crippen molar-refractivity contribution in [2.75, 3.05) is 7.05 Å². The van der Waals surface area contributed by atoms with Crippen LogP contribution >= 0.6 is 0 Å². The van der Waals surface area contributed by atoms with E-state index in [2.05, 4.69) is 60.5 Å². The third-order valence-electron chi connectivity index (χ3n) is 3.57. The quantitative estimate of drug-likeness (QED) is 0.589. The van der Waals surface area contributed by atoms with Crippen molar-refractivity contribution in [2.24, 2.45) is 7.05 Å². The molecular weight excluding hydrogens is 196 g/mol. The summed E-state index contributed by atoms with van der Waals surface area (Å²) in [6, 6.07) is 10.9. The molecule has 0 radical (unpaired) electrons. The molecule has 1 aromatic heterocycles. The molecule has 1 aliphatic rings. The molecule has 16 heavy (non-hydrogen) atoms. The molecule has 0 fully saturated rings. The Labute approximate surface area is 95.5 Å². The van der Waals surface area contributed by atoms with E-state index in [0.717, 1.165) is 6.42 Å². The van der Waals surface area contributed by atoms with Gasteiger partial charge in [0.25, 0.3) is 0 Å². The monoisotopic (exact) mass is 212 g/mol. The van der Waals surface area contributed by atoms with Crippen LogP contribution in [0.25, 0.3) is 10.9 Å². The fraction of sp³-hybridized carbons (Fsp3) is 0.286. The van der Waals surface area contributed by atoms with Gasteiger partial charge in [0, 0.05) is 18.4 Å². The lowest BCUT2D eigenvalue weighted by atomic mass is 10.1. The Bertz CT molecular complexity index is 624. The second kappa shape index (κ2) is 3.14. The first-order valence-corrected chi connectivity index (χ1v) is 5.65. The van der Waals surface area contributed by atoms with Gasteiger partial charge in [-0.2, -0.15) is 0 Å². The second-order valence-corrected chi connectivity index (χ2v) is 4.58. The number of nitrogens with zero attached hydrogens (tertiary/aromatic N) is 2. The van der Waals surface area contributed by atoms with E-state index < -0.39 is 0 Å². The van der Waals surface area contributed by atoms with E-state index in [9.17, 15) is 0 Å². The van der Waals surface area contributed by atoms with Gasteiger partial charge in [0.05, 0.1) is 6.42 Å². The van der Waals surface area contributed by atoms with E-state index >= 15 is 0 Å². The highest BCUT2D eigenvalue weighted by molar-refractivity contribution is 5.86. The van der Waals surface area contributed by atoms with Crippen LogP contribution in [0.4, 0.5) is 5.82 Å². The minimum atomic E-state index is 1.07. The zero-order chi connectivity index (χ0) is 11.3. The number of aryl methyl sites for hydroxylation is 1. The van der Waals surface area contributed by atoms with Gasteiger partial charge in [-0.05, 0) is 12.1 Å². The summed E-state index contributed by atoms with van der Waals surface area (Å²) in [5.74, 6) is 1.33.